The molecule has 2 N–H and O–H groups in total. The number of carbonyl (C=O) groups excluding carboxylic acids is 1. The maximum Gasteiger partial charge on any atom is 0.337 e. The second kappa shape index (κ2) is 6.28. The number of aromatic carboxylic acids is 1. The summed E-state index contributed by atoms with van der Waals surface area (Å²) >= 11 is 9.28. The Morgan fingerprint density at radius 3 is 2.43 bits per heavy atom. The van der Waals surface area contributed by atoms with Gasteiger partial charge in [0.2, 0.25) is 0 Å². The molecule has 2 aromatic rings. The Morgan fingerprint density at radius 1 is 1.14 bits per heavy atom. The van der Waals surface area contributed by atoms with Crippen LogP contribution in [0.5, 0.6) is 0 Å². The first-order valence-corrected chi connectivity index (χ1v) is 7.16. The fourth-order valence-corrected chi connectivity index (χ4v) is 2.48. The summed E-state index contributed by atoms with van der Waals surface area (Å²) in [6.45, 7) is 1.87. The monoisotopic (exact) mass is 367 g/mol. The SMILES string of the molecule is Cc1ccc(C(=O)Nc2cc(Br)ccc2C(=O)O)c(Cl)c1. The Bertz CT molecular complexity index is 731. The van der Waals surface area contributed by atoms with Crippen molar-refractivity contribution >= 4 is 45.1 Å². The van der Waals surface area contributed by atoms with E-state index in [2.05, 4.69) is 21.2 Å². The molecule has 2 aromatic carbocycles. The van der Waals surface area contributed by atoms with Crippen LogP contribution in [0.25, 0.3) is 0 Å². The second-order valence-corrected chi connectivity index (χ2v) is 5.76. The molecule has 0 spiro atoms. The molecule has 108 valence electrons. The van der Waals surface area contributed by atoms with Crippen LogP contribution in [0.3, 0.4) is 0 Å². The summed E-state index contributed by atoms with van der Waals surface area (Å²) in [5.41, 5.74) is 1.44. The van der Waals surface area contributed by atoms with Crippen LogP contribution < -0.4 is 5.32 Å². The van der Waals surface area contributed by atoms with E-state index < -0.39 is 11.9 Å². The standard InChI is InChI=1S/C15H11BrClNO3/c1-8-2-4-10(12(17)6-8)14(19)18-13-7-9(16)3-5-11(13)15(20)21/h2-7H,1H3,(H,18,19)(H,20,21). The van der Waals surface area contributed by atoms with Gasteiger partial charge in [-0.15, -0.1) is 0 Å². The lowest BCUT2D eigenvalue weighted by atomic mass is 10.1. The van der Waals surface area contributed by atoms with E-state index >= 15 is 0 Å². The van der Waals surface area contributed by atoms with Gasteiger partial charge in [0.1, 0.15) is 0 Å². The third-order valence-corrected chi connectivity index (χ3v) is 3.64. The van der Waals surface area contributed by atoms with Crippen molar-refractivity contribution in [2.24, 2.45) is 0 Å². The number of benzene rings is 2. The number of aryl methyl sites for hydroxylation is 1. The van der Waals surface area contributed by atoms with Gasteiger partial charge in [-0.1, -0.05) is 33.6 Å². The maximum absolute atomic E-state index is 12.2. The van der Waals surface area contributed by atoms with E-state index in [9.17, 15) is 9.59 Å². The lowest BCUT2D eigenvalue weighted by molar-refractivity contribution is 0.0698. The lowest BCUT2D eigenvalue weighted by Gasteiger charge is -2.10. The molecule has 0 saturated heterocycles. The molecule has 0 fully saturated rings. The first kappa shape index (κ1) is 15.5. The summed E-state index contributed by atoms with van der Waals surface area (Å²) in [6.07, 6.45) is 0. The third-order valence-electron chi connectivity index (χ3n) is 2.83. The van der Waals surface area contributed by atoms with Crippen molar-refractivity contribution in [3.63, 3.8) is 0 Å². The molecule has 0 bridgehead atoms. The molecule has 0 aliphatic carbocycles. The normalized spacial score (nSPS) is 10.2. The number of rotatable bonds is 3. The van der Waals surface area contributed by atoms with Gasteiger partial charge in [-0.2, -0.15) is 0 Å². The highest BCUT2D eigenvalue weighted by atomic mass is 79.9. The van der Waals surface area contributed by atoms with Gasteiger partial charge >= 0.3 is 5.97 Å². The number of carboxylic acid groups (broad SMARTS) is 1. The van der Waals surface area contributed by atoms with Crippen molar-refractivity contribution < 1.29 is 14.7 Å². The molecule has 0 radical (unpaired) electrons. The summed E-state index contributed by atoms with van der Waals surface area (Å²) in [6, 6.07) is 9.58. The van der Waals surface area contributed by atoms with Crippen molar-refractivity contribution in [2.75, 3.05) is 5.32 Å². The average molecular weight is 369 g/mol. The van der Waals surface area contributed by atoms with E-state index in [0.29, 0.717) is 15.1 Å². The molecule has 0 aliphatic heterocycles. The number of nitrogens with one attached hydrogen (secondary N) is 1. The molecule has 2 rings (SSSR count). The summed E-state index contributed by atoms with van der Waals surface area (Å²) in [5.74, 6) is -1.58. The van der Waals surface area contributed by atoms with Crippen LogP contribution in [-0.2, 0) is 0 Å². The van der Waals surface area contributed by atoms with Crippen LogP contribution in [0, 0.1) is 6.92 Å². The first-order chi connectivity index (χ1) is 9.88. The van der Waals surface area contributed by atoms with Crippen LogP contribution in [0.15, 0.2) is 40.9 Å². The highest BCUT2D eigenvalue weighted by Crippen LogP contribution is 2.24. The Kier molecular flexibility index (Phi) is 4.65. The fourth-order valence-electron chi connectivity index (χ4n) is 1.80. The van der Waals surface area contributed by atoms with E-state index in [1.54, 1.807) is 24.3 Å². The zero-order valence-corrected chi connectivity index (χ0v) is 13.3. The predicted molar refractivity (Wildman–Crippen MR) is 85.2 cm³/mol. The molecule has 4 nitrogen and oxygen atoms in total. The minimum atomic E-state index is -1.12. The molecule has 0 heterocycles. The van der Waals surface area contributed by atoms with Crippen LogP contribution in [0.2, 0.25) is 5.02 Å². The highest BCUT2D eigenvalue weighted by molar-refractivity contribution is 9.10. The quantitative estimate of drug-likeness (QED) is 0.846. The van der Waals surface area contributed by atoms with E-state index in [4.69, 9.17) is 16.7 Å². The number of amides is 1. The van der Waals surface area contributed by atoms with Gasteiger partial charge in [0.05, 0.1) is 21.8 Å². The molecule has 1 amide bonds. The second-order valence-electron chi connectivity index (χ2n) is 4.43. The Labute approximate surface area is 134 Å². The molecule has 0 aromatic heterocycles. The van der Waals surface area contributed by atoms with Crippen LogP contribution >= 0.6 is 27.5 Å². The Balaban J connectivity index is 2.35. The molecule has 0 atom stereocenters. The fraction of sp³-hybridized carbons (Fsp3) is 0.0667. The smallest absolute Gasteiger partial charge is 0.337 e. The number of halogens is 2. The van der Waals surface area contributed by atoms with Gasteiger partial charge < -0.3 is 10.4 Å². The van der Waals surface area contributed by atoms with E-state index in [1.807, 2.05) is 6.92 Å². The molecular weight excluding hydrogens is 358 g/mol. The topological polar surface area (TPSA) is 66.4 Å². The Hall–Kier alpha value is -1.85. The van der Waals surface area contributed by atoms with Crippen molar-refractivity contribution in [3.8, 4) is 0 Å². The molecule has 0 unspecified atom stereocenters. The lowest BCUT2D eigenvalue weighted by Crippen LogP contribution is -2.15. The number of carbonyl (C=O) groups is 2. The van der Waals surface area contributed by atoms with Gasteiger partial charge in [0.25, 0.3) is 5.91 Å². The summed E-state index contributed by atoms with van der Waals surface area (Å²) in [5, 5.41) is 12.0. The first-order valence-electron chi connectivity index (χ1n) is 5.99. The van der Waals surface area contributed by atoms with Gasteiger partial charge in [0.15, 0.2) is 0 Å². The Morgan fingerprint density at radius 2 is 1.81 bits per heavy atom. The van der Waals surface area contributed by atoms with Gasteiger partial charge in [0, 0.05) is 4.47 Å². The van der Waals surface area contributed by atoms with E-state index in [0.717, 1.165) is 5.56 Å². The van der Waals surface area contributed by atoms with Crippen LogP contribution in [0.4, 0.5) is 5.69 Å². The maximum atomic E-state index is 12.2. The van der Waals surface area contributed by atoms with Crippen LogP contribution in [0.1, 0.15) is 26.3 Å². The molecule has 0 aliphatic rings. The zero-order chi connectivity index (χ0) is 15.6. The molecule has 0 saturated carbocycles. The average Bonchev–Trinajstić information content (AvgIpc) is 2.37. The molecule has 21 heavy (non-hydrogen) atoms. The summed E-state index contributed by atoms with van der Waals surface area (Å²) in [7, 11) is 0. The van der Waals surface area contributed by atoms with Crippen LogP contribution in [-0.4, -0.2) is 17.0 Å². The zero-order valence-electron chi connectivity index (χ0n) is 11.0. The number of hydrogen-bond donors (Lipinski definition) is 2. The highest BCUT2D eigenvalue weighted by Gasteiger charge is 2.15. The molecule has 6 heteroatoms. The summed E-state index contributed by atoms with van der Waals surface area (Å²) < 4.78 is 0.665. The van der Waals surface area contributed by atoms with Crippen molar-refractivity contribution in [1.82, 2.24) is 0 Å². The third kappa shape index (κ3) is 3.62. The van der Waals surface area contributed by atoms with Crippen molar-refractivity contribution in [1.29, 1.82) is 0 Å². The van der Waals surface area contributed by atoms with E-state index in [1.165, 1.54) is 12.1 Å². The minimum Gasteiger partial charge on any atom is -0.478 e. The van der Waals surface area contributed by atoms with Gasteiger partial charge in [-0.3, -0.25) is 4.79 Å². The summed E-state index contributed by atoms with van der Waals surface area (Å²) in [4.78, 5) is 23.4. The van der Waals surface area contributed by atoms with Crippen molar-refractivity contribution in [3.05, 3.63) is 62.6 Å². The van der Waals surface area contributed by atoms with E-state index in [-0.39, 0.29) is 11.3 Å². The number of hydrogen-bond acceptors (Lipinski definition) is 2. The van der Waals surface area contributed by atoms with Gasteiger partial charge in [-0.05, 0) is 42.8 Å². The van der Waals surface area contributed by atoms with Gasteiger partial charge in [-0.25, -0.2) is 4.79 Å². The molecular formula is C15H11BrClNO3. The largest absolute Gasteiger partial charge is 0.478 e. The van der Waals surface area contributed by atoms with Crippen molar-refractivity contribution in [2.45, 2.75) is 6.92 Å². The predicted octanol–water partition coefficient (Wildman–Crippen LogP) is 4.36. The minimum absolute atomic E-state index is 0.00906. The number of anilines is 1. The number of carboxylic acids is 1.